The van der Waals surface area contributed by atoms with E-state index < -0.39 is 26.6 Å². The van der Waals surface area contributed by atoms with Crippen molar-refractivity contribution in [3.8, 4) is 0 Å². The number of hydrogen-bond acceptors (Lipinski definition) is 4. The molecule has 1 rings (SSSR count). The third kappa shape index (κ3) is 1.09. The van der Waals surface area contributed by atoms with E-state index in [4.69, 9.17) is 10.8 Å². The van der Waals surface area contributed by atoms with E-state index >= 15 is 0 Å². The summed E-state index contributed by atoms with van der Waals surface area (Å²) in [4.78, 5) is 10.2. The van der Waals surface area contributed by atoms with Gasteiger partial charge in [-0.05, 0) is 0 Å². The summed E-state index contributed by atoms with van der Waals surface area (Å²) in [7, 11) is -3.87. The monoisotopic (exact) mass is 176 g/mol. The van der Waals surface area contributed by atoms with Crippen molar-refractivity contribution in [2.24, 2.45) is 10.1 Å². The first kappa shape index (κ1) is 7.73. The third-order valence-electron chi connectivity index (χ3n) is 1.09. The zero-order valence-corrected chi connectivity index (χ0v) is 6.00. The largest absolute Gasteiger partial charge is 0.478 e. The van der Waals surface area contributed by atoms with Gasteiger partial charge in [-0.2, -0.15) is 12.8 Å². The molecule has 7 heteroatoms. The minimum Gasteiger partial charge on any atom is -0.478 e. The highest BCUT2D eigenvalue weighted by Gasteiger charge is 2.26. The number of hydrogen-bond donors (Lipinski definition) is 2. The summed E-state index contributed by atoms with van der Waals surface area (Å²) in [5.41, 5.74) is 4.46. The lowest BCUT2D eigenvalue weighted by molar-refractivity contribution is -0.132. The summed E-state index contributed by atoms with van der Waals surface area (Å²) in [5, 5.41) is 7.62. The molecule has 1 heterocycles. The second-order valence-corrected chi connectivity index (χ2v) is 3.39. The van der Waals surface area contributed by atoms with Crippen molar-refractivity contribution in [1.29, 1.82) is 0 Å². The predicted octanol–water partition coefficient (Wildman–Crippen LogP) is -1.34. The molecule has 0 aromatic heterocycles. The van der Waals surface area contributed by atoms with Gasteiger partial charge < -0.3 is 10.8 Å². The zero-order valence-electron chi connectivity index (χ0n) is 5.18. The minimum absolute atomic E-state index is 0.481. The molecule has 0 unspecified atom stereocenters. The summed E-state index contributed by atoms with van der Waals surface area (Å²) < 4.78 is 24.2. The summed E-state index contributed by atoms with van der Waals surface area (Å²) in [5.74, 6) is -1.40. The van der Waals surface area contributed by atoms with Crippen LogP contribution in [0.4, 0.5) is 0 Å². The Labute approximate surface area is 62.1 Å². The summed E-state index contributed by atoms with van der Waals surface area (Å²) >= 11 is 0. The minimum atomic E-state index is -3.87. The van der Waals surface area contributed by atoms with Gasteiger partial charge in [0, 0.05) is 0 Å². The number of sulfonamides is 1. The van der Waals surface area contributed by atoms with Crippen LogP contribution in [0, 0.1) is 0 Å². The molecular weight excluding hydrogens is 172 g/mol. The van der Waals surface area contributed by atoms with Crippen molar-refractivity contribution in [1.82, 2.24) is 0 Å². The van der Waals surface area contributed by atoms with Crippen LogP contribution in [0.25, 0.3) is 0 Å². The van der Waals surface area contributed by atoms with Crippen molar-refractivity contribution in [2.75, 3.05) is 0 Å². The molecule has 0 saturated carbocycles. The molecule has 1 aliphatic rings. The number of rotatable bonds is 1. The Morgan fingerprint density at radius 2 is 2.18 bits per heavy atom. The molecule has 0 radical (unpaired) electrons. The summed E-state index contributed by atoms with van der Waals surface area (Å²) in [6.07, 6.45) is 0.715. The molecule has 3 N–H and O–H groups in total. The Bertz CT molecular complexity index is 364. The van der Waals surface area contributed by atoms with Crippen molar-refractivity contribution >= 4 is 22.2 Å². The lowest BCUT2D eigenvalue weighted by atomic mass is 10.3. The van der Waals surface area contributed by atoms with Crippen LogP contribution in [-0.4, -0.2) is 25.7 Å². The fourth-order valence-corrected chi connectivity index (χ4v) is 1.32. The van der Waals surface area contributed by atoms with E-state index in [1.165, 1.54) is 0 Å². The summed E-state index contributed by atoms with van der Waals surface area (Å²) in [6.45, 7) is 0. The maximum Gasteiger partial charge on any atom is 0.340 e. The van der Waals surface area contributed by atoms with Crippen LogP contribution in [0.3, 0.4) is 0 Å². The normalized spacial score (nSPS) is 20.7. The maximum absolute atomic E-state index is 10.6. The van der Waals surface area contributed by atoms with Gasteiger partial charge in [-0.15, -0.1) is 0 Å². The van der Waals surface area contributed by atoms with Gasteiger partial charge in [-0.25, -0.2) is 4.79 Å². The number of aliphatic carboxylic acids is 1. The van der Waals surface area contributed by atoms with Crippen molar-refractivity contribution in [3.63, 3.8) is 0 Å². The average Bonchev–Trinajstić information content (AvgIpc) is 2.09. The third-order valence-corrected chi connectivity index (χ3v) is 2.25. The lowest BCUT2D eigenvalue weighted by Gasteiger charge is -1.91. The molecular formula is C4H4N2O4S. The van der Waals surface area contributed by atoms with Crippen LogP contribution in [0.15, 0.2) is 15.0 Å². The second-order valence-electron chi connectivity index (χ2n) is 1.79. The molecule has 0 aromatic rings. The van der Waals surface area contributed by atoms with Crippen LogP contribution < -0.4 is 5.73 Å². The highest BCUT2D eigenvalue weighted by molar-refractivity contribution is 7.94. The van der Waals surface area contributed by atoms with Crippen molar-refractivity contribution in [3.05, 3.63) is 10.6 Å². The molecule has 0 fully saturated rings. The van der Waals surface area contributed by atoms with E-state index in [0.717, 1.165) is 0 Å². The molecule has 0 aliphatic carbocycles. The van der Waals surface area contributed by atoms with Crippen LogP contribution in [0.2, 0.25) is 0 Å². The Morgan fingerprint density at radius 3 is 2.36 bits per heavy atom. The number of carboxylic acids is 1. The van der Waals surface area contributed by atoms with Gasteiger partial charge in [0.25, 0.3) is 10.0 Å². The number of nitrogens with two attached hydrogens (primary N) is 1. The lowest BCUT2D eigenvalue weighted by Crippen LogP contribution is -2.12. The smallest absolute Gasteiger partial charge is 0.340 e. The molecule has 0 atom stereocenters. The fraction of sp³-hybridized carbons (Fsp3) is 0. The van der Waals surface area contributed by atoms with Crippen LogP contribution in [0.5, 0.6) is 0 Å². The number of carboxylic acid groups (broad SMARTS) is 1. The first-order valence-corrected chi connectivity index (χ1v) is 3.92. The van der Waals surface area contributed by atoms with Gasteiger partial charge >= 0.3 is 5.97 Å². The first-order valence-electron chi connectivity index (χ1n) is 2.48. The van der Waals surface area contributed by atoms with E-state index in [1.54, 1.807) is 0 Å². The maximum atomic E-state index is 10.6. The topological polar surface area (TPSA) is 110 Å². The van der Waals surface area contributed by atoms with Gasteiger partial charge in [-0.1, -0.05) is 0 Å². The molecule has 6 nitrogen and oxygen atoms in total. The van der Waals surface area contributed by atoms with E-state index in [-0.39, 0.29) is 0 Å². The number of carbonyl (C=O) groups is 1. The van der Waals surface area contributed by atoms with Gasteiger partial charge in [0.05, 0.1) is 6.21 Å². The van der Waals surface area contributed by atoms with E-state index in [2.05, 4.69) is 4.40 Å². The Hall–Kier alpha value is -1.37. The SMILES string of the molecule is NC1=C(C(=O)O)C=NS1(=O)=O. The van der Waals surface area contributed by atoms with Crippen molar-refractivity contribution in [2.45, 2.75) is 0 Å². The molecule has 0 amide bonds. The Morgan fingerprint density at radius 1 is 1.64 bits per heavy atom. The molecule has 1 aliphatic heterocycles. The van der Waals surface area contributed by atoms with E-state index in [9.17, 15) is 13.2 Å². The molecule has 11 heavy (non-hydrogen) atoms. The highest BCUT2D eigenvalue weighted by atomic mass is 32.2. The predicted molar refractivity (Wildman–Crippen MR) is 36.3 cm³/mol. The van der Waals surface area contributed by atoms with Gasteiger partial charge in [-0.3, -0.25) is 0 Å². The molecule has 0 bridgehead atoms. The Balaban J connectivity index is 3.32. The fourth-order valence-electron chi connectivity index (χ4n) is 0.542. The zero-order chi connectivity index (χ0) is 8.65. The van der Waals surface area contributed by atoms with Crippen LogP contribution >= 0.6 is 0 Å². The van der Waals surface area contributed by atoms with Crippen LogP contribution in [0.1, 0.15) is 0 Å². The first-order chi connectivity index (χ1) is 4.95. The van der Waals surface area contributed by atoms with Crippen LogP contribution in [-0.2, 0) is 14.8 Å². The van der Waals surface area contributed by atoms with Crippen molar-refractivity contribution < 1.29 is 18.3 Å². The average molecular weight is 176 g/mol. The Kier molecular flexibility index (Phi) is 1.45. The van der Waals surface area contributed by atoms with E-state index in [0.29, 0.717) is 6.21 Å². The van der Waals surface area contributed by atoms with E-state index in [1.807, 2.05) is 0 Å². The highest BCUT2D eigenvalue weighted by Crippen LogP contribution is 2.14. The summed E-state index contributed by atoms with van der Waals surface area (Å²) in [6, 6.07) is 0. The molecule has 0 aromatic carbocycles. The van der Waals surface area contributed by atoms with Gasteiger partial charge in [0.1, 0.15) is 5.57 Å². The van der Waals surface area contributed by atoms with Gasteiger partial charge in [0.15, 0.2) is 5.03 Å². The molecule has 0 saturated heterocycles. The quantitative estimate of drug-likeness (QED) is 0.513. The van der Waals surface area contributed by atoms with Gasteiger partial charge in [0.2, 0.25) is 0 Å². The number of nitrogens with zero attached hydrogens (tertiary/aromatic N) is 1. The standard InChI is InChI=1S/C4H4N2O4S/c5-3-2(4(7)8)1-6-11(3,9)10/h1H,5H2,(H,7,8). The molecule has 60 valence electrons. The second kappa shape index (κ2) is 2.06. The molecule has 0 spiro atoms.